The minimum absolute atomic E-state index is 0.149. The Morgan fingerprint density at radius 1 is 1.44 bits per heavy atom. The van der Waals surface area contributed by atoms with Crippen molar-refractivity contribution in [1.29, 1.82) is 0 Å². The number of rotatable bonds is 4. The molecular weight excluding hydrogens is 200 g/mol. The van der Waals surface area contributed by atoms with Gasteiger partial charge in [0.2, 0.25) is 5.91 Å². The number of piperidine rings is 1. The summed E-state index contributed by atoms with van der Waals surface area (Å²) in [4.78, 5) is 13.9. The number of amides is 1. The average molecular weight is 220 g/mol. The molecule has 0 radical (unpaired) electrons. The molecule has 1 saturated heterocycles. The van der Waals surface area contributed by atoms with Crippen LogP contribution in [0.1, 0.15) is 32.1 Å². The largest absolute Gasteiger partial charge is 0.339 e. The smallest absolute Gasteiger partial charge is 0.234 e. The molecule has 0 aromatic carbocycles. The molecule has 2 aliphatic rings. The number of carbonyl (C=O) groups excluding carboxylic acids is 1. The summed E-state index contributed by atoms with van der Waals surface area (Å²) in [5.74, 6) is 3.23. The molecule has 1 saturated carbocycles. The summed E-state index contributed by atoms with van der Waals surface area (Å²) in [5.41, 5.74) is 0. The Morgan fingerprint density at radius 2 is 2.25 bits per heavy atom. The first-order valence-electron chi connectivity index (χ1n) is 6.25. The highest BCUT2D eigenvalue weighted by Crippen LogP contribution is 2.29. The Balaban J connectivity index is 1.86. The summed E-state index contributed by atoms with van der Waals surface area (Å²) in [5, 5.41) is 3.39. The van der Waals surface area contributed by atoms with Gasteiger partial charge < -0.3 is 10.2 Å². The summed E-state index contributed by atoms with van der Waals surface area (Å²) in [7, 11) is 0. The van der Waals surface area contributed by atoms with Crippen molar-refractivity contribution in [3.05, 3.63) is 0 Å². The summed E-state index contributed by atoms with van der Waals surface area (Å²) in [6.07, 6.45) is 10.3. The van der Waals surface area contributed by atoms with Crippen LogP contribution in [0.3, 0.4) is 0 Å². The van der Waals surface area contributed by atoms with Gasteiger partial charge in [-0.25, -0.2) is 0 Å². The number of hydrogen-bond donors (Lipinski definition) is 1. The standard InChI is InChI=1S/C13H20N2O/c1-2-4-13(16)15(12-6-7-12)10-11-5-3-8-14-9-11/h1,11-12,14H,3-10H2. The number of terminal acetylenes is 1. The highest BCUT2D eigenvalue weighted by Gasteiger charge is 2.33. The van der Waals surface area contributed by atoms with E-state index in [2.05, 4.69) is 11.2 Å². The highest BCUT2D eigenvalue weighted by molar-refractivity contribution is 5.79. The molecule has 1 atom stereocenters. The first kappa shape index (κ1) is 11.5. The van der Waals surface area contributed by atoms with Crippen LogP contribution < -0.4 is 5.32 Å². The molecule has 3 heteroatoms. The zero-order valence-corrected chi connectivity index (χ0v) is 9.74. The van der Waals surface area contributed by atoms with Crippen molar-refractivity contribution in [2.75, 3.05) is 19.6 Å². The quantitative estimate of drug-likeness (QED) is 0.717. The monoisotopic (exact) mass is 220 g/mol. The van der Waals surface area contributed by atoms with Gasteiger partial charge in [-0.1, -0.05) is 5.92 Å². The third-order valence-electron chi connectivity index (χ3n) is 3.42. The zero-order chi connectivity index (χ0) is 11.4. The van der Waals surface area contributed by atoms with Gasteiger partial charge >= 0.3 is 0 Å². The van der Waals surface area contributed by atoms with Crippen molar-refractivity contribution >= 4 is 5.91 Å². The van der Waals surface area contributed by atoms with Crippen molar-refractivity contribution in [2.24, 2.45) is 5.92 Å². The van der Waals surface area contributed by atoms with Crippen molar-refractivity contribution < 1.29 is 4.79 Å². The maximum atomic E-state index is 11.9. The predicted octanol–water partition coefficient (Wildman–Crippen LogP) is 1.00. The maximum Gasteiger partial charge on any atom is 0.234 e. The molecule has 1 aliphatic carbocycles. The maximum absolute atomic E-state index is 11.9. The van der Waals surface area contributed by atoms with Gasteiger partial charge in [-0.2, -0.15) is 0 Å². The molecule has 0 spiro atoms. The first-order chi connectivity index (χ1) is 7.81. The lowest BCUT2D eigenvalue weighted by atomic mass is 9.99. The Morgan fingerprint density at radius 3 is 2.81 bits per heavy atom. The lowest BCUT2D eigenvalue weighted by Crippen LogP contribution is -2.42. The van der Waals surface area contributed by atoms with Crippen LogP contribution in [0.4, 0.5) is 0 Å². The molecule has 3 nitrogen and oxygen atoms in total. The molecule has 0 aromatic heterocycles. The zero-order valence-electron chi connectivity index (χ0n) is 9.74. The molecule has 1 amide bonds. The van der Waals surface area contributed by atoms with E-state index >= 15 is 0 Å². The molecule has 1 heterocycles. The van der Waals surface area contributed by atoms with Crippen LogP contribution in [0.2, 0.25) is 0 Å². The molecule has 1 aliphatic heterocycles. The molecule has 16 heavy (non-hydrogen) atoms. The van der Waals surface area contributed by atoms with Crippen LogP contribution in [-0.4, -0.2) is 36.5 Å². The van der Waals surface area contributed by atoms with Gasteiger partial charge in [-0.05, 0) is 44.7 Å². The van der Waals surface area contributed by atoms with Crippen LogP contribution in [0.25, 0.3) is 0 Å². The minimum Gasteiger partial charge on any atom is -0.339 e. The lowest BCUT2D eigenvalue weighted by molar-refractivity contribution is -0.131. The van der Waals surface area contributed by atoms with Gasteiger partial charge in [-0.3, -0.25) is 4.79 Å². The van der Waals surface area contributed by atoms with Crippen LogP contribution in [-0.2, 0) is 4.79 Å². The minimum atomic E-state index is 0.149. The summed E-state index contributed by atoms with van der Waals surface area (Å²) < 4.78 is 0. The van der Waals surface area contributed by atoms with E-state index in [1.54, 1.807) is 0 Å². The van der Waals surface area contributed by atoms with Crippen LogP contribution in [0.15, 0.2) is 0 Å². The molecule has 2 rings (SSSR count). The Hall–Kier alpha value is -1.01. The molecule has 0 aromatic rings. The third kappa shape index (κ3) is 2.99. The lowest BCUT2D eigenvalue weighted by Gasteiger charge is -2.30. The van der Waals surface area contributed by atoms with E-state index in [1.165, 1.54) is 12.8 Å². The second kappa shape index (κ2) is 5.36. The first-order valence-corrected chi connectivity index (χ1v) is 6.25. The molecular formula is C13H20N2O. The molecule has 1 N–H and O–H groups in total. The molecule has 0 bridgehead atoms. The van der Waals surface area contributed by atoms with Gasteiger partial charge in [0, 0.05) is 12.6 Å². The van der Waals surface area contributed by atoms with Gasteiger partial charge in [-0.15, -0.1) is 6.42 Å². The number of carbonyl (C=O) groups is 1. The van der Waals surface area contributed by atoms with Crippen LogP contribution in [0.5, 0.6) is 0 Å². The molecule has 1 unspecified atom stereocenters. The van der Waals surface area contributed by atoms with Crippen molar-refractivity contribution in [3.63, 3.8) is 0 Å². The van der Waals surface area contributed by atoms with Gasteiger partial charge in [0.05, 0.1) is 6.42 Å². The third-order valence-corrected chi connectivity index (χ3v) is 3.42. The number of hydrogen-bond acceptors (Lipinski definition) is 2. The predicted molar refractivity (Wildman–Crippen MR) is 63.8 cm³/mol. The Labute approximate surface area is 97.6 Å². The Kier molecular flexibility index (Phi) is 3.84. The summed E-state index contributed by atoms with van der Waals surface area (Å²) in [6, 6.07) is 0.489. The fraction of sp³-hybridized carbons (Fsp3) is 0.769. The van der Waals surface area contributed by atoms with E-state index in [0.29, 0.717) is 12.0 Å². The van der Waals surface area contributed by atoms with E-state index in [-0.39, 0.29) is 12.3 Å². The normalized spacial score (nSPS) is 24.8. The summed E-state index contributed by atoms with van der Waals surface area (Å²) >= 11 is 0. The van der Waals surface area contributed by atoms with Gasteiger partial charge in [0.15, 0.2) is 0 Å². The van der Waals surface area contributed by atoms with E-state index in [1.807, 2.05) is 4.90 Å². The molecule has 88 valence electrons. The highest BCUT2D eigenvalue weighted by atomic mass is 16.2. The van der Waals surface area contributed by atoms with Crippen LogP contribution >= 0.6 is 0 Å². The van der Waals surface area contributed by atoms with Crippen LogP contribution in [0, 0.1) is 18.3 Å². The second-order valence-corrected chi connectivity index (χ2v) is 4.87. The topological polar surface area (TPSA) is 32.3 Å². The van der Waals surface area contributed by atoms with Gasteiger partial charge in [0.25, 0.3) is 0 Å². The fourth-order valence-electron chi connectivity index (χ4n) is 2.39. The average Bonchev–Trinajstić information content (AvgIpc) is 3.11. The van der Waals surface area contributed by atoms with Crippen molar-refractivity contribution in [2.45, 2.75) is 38.1 Å². The van der Waals surface area contributed by atoms with Gasteiger partial charge in [0.1, 0.15) is 0 Å². The number of nitrogens with zero attached hydrogens (tertiary/aromatic N) is 1. The Bertz CT molecular complexity index is 285. The fourth-order valence-corrected chi connectivity index (χ4v) is 2.39. The van der Waals surface area contributed by atoms with Crippen molar-refractivity contribution in [3.8, 4) is 12.3 Å². The SMILES string of the molecule is C#CCC(=O)N(CC1CCCNC1)C1CC1. The van der Waals surface area contributed by atoms with Crippen molar-refractivity contribution in [1.82, 2.24) is 10.2 Å². The van der Waals surface area contributed by atoms with E-state index in [4.69, 9.17) is 6.42 Å². The van der Waals surface area contributed by atoms with E-state index in [9.17, 15) is 4.79 Å². The van der Waals surface area contributed by atoms with E-state index < -0.39 is 0 Å². The summed E-state index contributed by atoms with van der Waals surface area (Å²) in [6.45, 7) is 3.07. The number of nitrogens with one attached hydrogen (secondary N) is 1. The molecule has 2 fully saturated rings. The van der Waals surface area contributed by atoms with E-state index in [0.717, 1.165) is 32.5 Å². The second-order valence-electron chi connectivity index (χ2n) is 4.87.